The Morgan fingerprint density at radius 1 is 1.17 bits per heavy atom. The number of hydrogen-bond donors (Lipinski definition) is 2. The molecule has 7 heteroatoms. The molecule has 0 spiro atoms. The molecule has 0 unspecified atom stereocenters. The Morgan fingerprint density at radius 3 is 2.67 bits per heavy atom. The maximum absolute atomic E-state index is 12.7. The molecule has 0 aliphatic rings. The summed E-state index contributed by atoms with van der Waals surface area (Å²) in [5, 5.41) is 5.60. The first-order valence-corrected chi connectivity index (χ1v) is 7.58. The lowest BCUT2D eigenvalue weighted by atomic mass is 10.2. The van der Waals surface area contributed by atoms with Gasteiger partial charge in [0.15, 0.2) is 0 Å². The Kier molecular flexibility index (Phi) is 5.78. The fourth-order valence-corrected chi connectivity index (χ4v) is 2.04. The van der Waals surface area contributed by atoms with E-state index in [9.17, 15) is 18.0 Å². The molecule has 0 aliphatic carbocycles. The average molecular weight is 337 g/mol. The van der Waals surface area contributed by atoms with Gasteiger partial charge in [0.25, 0.3) is 5.91 Å². The number of carbonyl (C=O) groups excluding carboxylic acids is 1. The van der Waals surface area contributed by atoms with Crippen LogP contribution in [0.15, 0.2) is 42.6 Å². The molecule has 2 aromatic rings. The molecule has 128 valence electrons. The van der Waals surface area contributed by atoms with Crippen LogP contribution in [0.25, 0.3) is 0 Å². The van der Waals surface area contributed by atoms with Crippen LogP contribution in [0.5, 0.6) is 0 Å². The van der Waals surface area contributed by atoms with Gasteiger partial charge in [-0.05, 0) is 36.8 Å². The molecule has 2 N–H and O–H groups in total. The summed E-state index contributed by atoms with van der Waals surface area (Å²) in [5.74, 6) is -0.562. The van der Waals surface area contributed by atoms with Crippen LogP contribution in [0.2, 0.25) is 0 Å². The summed E-state index contributed by atoms with van der Waals surface area (Å²) in [4.78, 5) is 16.1. The summed E-state index contributed by atoms with van der Waals surface area (Å²) in [5.41, 5.74) is 0.130. The number of pyridine rings is 1. The van der Waals surface area contributed by atoms with Crippen LogP contribution < -0.4 is 10.6 Å². The number of hydrogen-bond acceptors (Lipinski definition) is 3. The normalized spacial score (nSPS) is 11.2. The van der Waals surface area contributed by atoms with Crippen LogP contribution in [0.4, 0.5) is 24.5 Å². The Balaban J connectivity index is 2.08. The summed E-state index contributed by atoms with van der Waals surface area (Å²) in [6, 6.07) is 7.79. The second kappa shape index (κ2) is 7.81. The van der Waals surface area contributed by atoms with Crippen molar-refractivity contribution < 1.29 is 18.0 Å². The van der Waals surface area contributed by atoms with Crippen molar-refractivity contribution in [3.8, 4) is 0 Å². The SMILES string of the molecule is CCCCNc1ccnc(C(=O)Nc2cccc(C(F)(F)F)c2)c1. The molecule has 1 heterocycles. The van der Waals surface area contributed by atoms with E-state index in [2.05, 4.69) is 22.5 Å². The molecule has 0 atom stereocenters. The minimum absolute atomic E-state index is 0.0703. The molecule has 1 amide bonds. The van der Waals surface area contributed by atoms with Crippen molar-refractivity contribution in [2.24, 2.45) is 0 Å². The number of anilines is 2. The summed E-state index contributed by atoms with van der Waals surface area (Å²) < 4.78 is 38.1. The molecular weight excluding hydrogens is 319 g/mol. The molecule has 1 aromatic carbocycles. The largest absolute Gasteiger partial charge is 0.416 e. The summed E-state index contributed by atoms with van der Waals surface area (Å²) >= 11 is 0. The van der Waals surface area contributed by atoms with Gasteiger partial charge >= 0.3 is 6.18 Å². The highest BCUT2D eigenvalue weighted by molar-refractivity contribution is 6.03. The van der Waals surface area contributed by atoms with Crippen LogP contribution in [-0.2, 0) is 6.18 Å². The molecule has 2 rings (SSSR count). The molecule has 0 aliphatic heterocycles. The highest BCUT2D eigenvalue weighted by Crippen LogP contribution is 2.30. The van der Waals surface area contributed by atoms with Crippen molar-refractivity contribution >= 4 is 17.3 Å². The van der Waals surface area contributed by atoms with E-state index < -0.39 is 17.6 Å². The van der Waals surface area contributed by atoms with E-state index in [0.717, 1.165) is 37.2 Å². The Bertz CT molecular complexity index is 701. The molecule has 0 fully saturated rings. The monoisotopic (exact) mass is 337 g/mol. The summed E-state index contributed by atoms with van der Waals surface area (Å²) in [6.07, 6.45) is -0.938. The lowest BCUT2D eigenvalue weighted by molar-refractivity contribution is -0.137. The van der Waals surface area contributed by atoms with Gasteiger partial charge < -0.3 is 10.6 Å². The van der Waals surface area contributed by atoms with E-state index in [1.165, 1.54) is 18.3 Å². The Hall–Kier alpha value is -2.57. The molecule has 0 radical (unpaired) electrons. The fraction of sp³-hybridized carbons (Fsp3) is 0.294. The topological polar surface area (TPSA) is 54.0 Å². The predicted octanol–water partition coefficient (Wildman–Crippen LogP) is 4.56. The Labute approximate surface area is 138 Å². The number of halogens is 3. The number of unbranched alkanes of at least 4 members (excludes halogenated alkanes) is 1. The molecule has 24 heavy (non-hydrogen) atoms. The van der Waals surface area contributed by atoms with Gasteiger partial charge in [-0.3, -0.25) is 9.78 Å². The zero-order valence-corrected chi connectivity index (χ0v) is 13.2. The number of amides is 1. The average Bonchev–Trinajstić information content (AvgIpc) is 2.55. The third-order valence-electron chi connectivity index (χ3n) is 3.30. The molecule has 0 bridgehead atoms. The summed E-state index contributed by atoms with van der Waals surface area (Å²) in [6.45, 7) is 2.84. The third-order valence-corrected chi connectivity index (χ3v) is 3.30. The van der Waals surface area contributed by atoms with Gasteiger partial charge in [0.05, 0.1) is 5.56 Å². The molecule has 4 nitrogen and oxygen atoms in total. The van der Waals surface area contributed by atoms with Gasteiger partial charge in [0.2, 0.25) is 0 Å². The van der Waals surface area contributed by atoms with E-state index in [0.29, 0.717) is 0 Å². The Morgan fingerprint density at radius 2 is 1.96 bits per heavy atom. The third kappa shape index (κ3) is 4.97. The quantitative estimate of drug-likeness (QED) is 0.760. The van der Waals surface area contributed by atoms with Crippen molar-refractivity contribution in [3.63, 3.8) is 0 Å². The standard InChI is InChI=1S/C17H18F3N3O/c1-2-3-8-21-13-7-9-22-15(11-13)16(24)23-14-6-4-5-12(10-14)17(18,19)20/h4-7,9-11H,2-3,8H2,1H3,(H,21,22)(H,23,24). The number of rotatable bonds is 6. The van der Waals surface area contributed by atoms with Crippen molar-refractivity contribution in [3.05, 3.63) is 53.9 Å². The van der Waals surface area contributed by atoms with Gasteiger partial charge in [0.1, 0.15) is 5.69 Å². The number of carbonyl (C=O) groups is 1. The van der Waals surface area contributed by atoms with Crippen LogP contribution >= 0.6 is 0 Å². The van der Waals surface area contributed by atoms with Crippen molar-refractivity contribution in [1.29, 1.82) is 0 Å². The second-order valence-corrected chi connectivity index (χ2v) is 5.24. The minimum atomic E-state index is -4.46. The van der Waals surface area contributed by atoms with Crippen molar-refractivity contribution in [2.75, 3.05) is 17.2 Å². The maximum atomic E-state index is 12.7. The highest BCUT2D eigenvalue weighted by atomic mass is 19.4. The van der Waals surface area contributed by atoms with Crippen LogP contribution in [0.1, 0.15) is 35.8 Å². The van der Waals surface area contributed by atoms with E-state index in [4.69, 9.17) is 0 Å². The van der Waals surface area contributed by atoms with Crippen LogP contribution in [0.3, 0.4) is 0 Å². The number of aromatic nitrogens is 1. The first-order valence-electron chi connectivity index (χ1n) is 7.58. The minimum Gasteiger partial charge on any atom is -0.385 e. The molecule has 1 aromatic heterocycles. The van der Waals surface area contributed by atoms with E-state index >= 15 is 0 Å². The predicted molar refractivity (Wildman–Crippen MR) is 87.0 cm³/mol. The lowest BCUT2D eigenvalue weighted by Gasteiger charge is -2.10. The van der Waals surface area contributed by atoms with E-state index in [1.54, 1.807) is 12.1 Å². The van der Waals surface area contributed by atoms with Gasteiger partial charge in [-0.2, -0.15) is 13.2 Å². The first-order chi connectivity index (χ1) is 11.4. The van der Waals surface area contributed by atoms with Gasteiger partial charge in [-0.1, -0.05) is 19.4 Å². The lowest BCUT2D eigenvalue weighted by Crippen LogP contribution is -2.15. The second-order valence-electron chi connectivity index (χ2n) is 5.24. The van der Waals surface area contributed by atoms with Crippen LogP contribution in [0, 0.1) is 0 Å². The van der Waals surface area contributed by atoms with Crippen molar-refractivity contribution in [1.82, 2.24) is 4.98 Å². The zero-order valence-electron chi connectivity index (χ0n) is 13.2. The van der Waals surface area contributed by atoms with Gasteiger partial charge in [-0.25, -0.2) is 0 Å². The fourth-order valence-electron chi connectivity index (χ4n) is 2.04. The molecule has 0 saturated heterocycles. The van der Waals surface area contributed by atoms with E-state index in [-0.39, 0.29) is 11.4 Å². The highest BCUT2D eigenvalue weighted by Gasteiger charge is 2.30. The van der Waals surface area contributed by atoms with Gasteiger partial charge in [0, 0.05) is 24.1 Å². The first kappa shape index (κ1) is 17.8. The zero-order chi connectivity index (χ0) is 17.6. The smallest absolute Gasteiger partial charge is 0.385 e. The number of nitrogens with zero attached hydrogens (tertiary/aromatic N) is 1. The summed E-state index contributed by atoms with van der Waals surface area (Å²) in [7, 11) is 0. The van der Waals surface area contributed by atoms with Gasteiger partial charge in [-0.15, -0.1) is 0 Å². The van der Waals surface area contributed by atoms with E-state index in [1.807, 2.05) is 0 Å². The van der Waals surface area contributed by atoms with Crippen molar-refractivity contribution in [2.45, 2.75) is 25.9 Å². The molecular formula is C17H18F3N3O. The maximum Gasteiger partial charge on any atom is 0.416 e. The molecule has 0 saturated carbocycles. The van der Waals surface area contributed by atoms with Crippen LogP contribution in [-0.4, -0.2) is 17.4 Å². The number of nitrogens with one attached hydrogen (secondary N) is 2. The number of benzene rings is 1. The number of alkyl halides is 3.